The maximum atomic E-state index is 12.8. The van der Waals surface area contributed by atoms with Gasteiger partial charge in [0, 0.05) is 0 Å². The third kappa shape index (κ3) is 4.79. The summed E-state index contributed by atoms with van der Waals surface area (Å²) < 4.78 is 11.4. The average molecular weight is 530 g/mol. The molecule has 0 aliphatic carbocycles. The fraction of sp³-hybridized carbons (Fsp3) is 0.0870. The Kier molecular flexibility index (Phi) is 6.78. The normalized spacial score (nSPS) is 14.8. The molecule has 32 heavy (non-hydrogen) atoms. The number of methoxy groups -OCH3 is 1. The summed E-state index contributed by atoms with van der Waals surface area (Å²) in [5.74, 6) is -0.291. The number of hydrogen-bond donors (Lipinski definition) is 0. The minimum absolute atomic E-state index is 0.216. The first-order valence-corrected chi connectivity index (χ1v) is 11.9. The van der Waals surface area contributed by atoms with Gasteiger partial charge in [0.05, 0.1) is 23.0 Å². The molecule has 3 aromatic rings. The van der Waals surface area contributed by atoms with E-state index in [2.05, 4.69) is 15.9 Å². The highest BCUT2D eigenvalue weighted by Gasteiger charge is 2.35. The van der Waals surface area contributed by atoms with Crippen LogP contribution in [0.2, 0.25) is 0 Å². The zero-order chi connectivity index (χ0) is 22.7. The molecular weight excluding hydrogens is 514 g/mol. The standard InChI is InChI=1S/C23H16BrNO5S2/c1-29-17-11-15(10-16(24)20(17)30-22(27)18-8-5-9-31-18)12-19-21(26)25(23(28)32-19)13-14-6-3-2-4-7-14/h2-12H,13H2,1H3/b19-12-. The van der Waals surface area contributed by atoms with Crippen molar-refractivity contribution in [2.45, 2.75) is 6.54 Å². The van der Waals surface area contributed by atoms with Gasteiger partial charge in [0.15, 0.2) is 11.5 Å². The van der Waals surface area contributed by atoms with Crippen LogP contribution in [0.4, 0.5) is 4.79 Å². The van der Waals surface area contributed by atoms with Gasteiger partial charge in [-0.05, 0) is 68.5 Å². The van der Waals surface area contributed by atoms with Gasteiger partial charge >= 0.3 is 5.97 Å². The van der Waals surface area contributed by atoms with Crippen LogP contribution in [-0.4, -0.2) is 29.1 Å². The molecule has 9 heteroatoms. The van der Waals surface area contributed by atoms with Crippen molar-refractivity contribution in [3.63, 3.8) is 0 Å². The van der Waals surface area contributed by atoms with E-state index in [1.807, 2.05) is 30.3 Å². The molecular formula is C23H16BrNO5S2. The van der Waals surface area contributed by atoms with Crippen molar-refractivity contribution < 1.29 is 23.9 Å². The van der Waals surface area contributed by atoms with E-state index in [1.54, 1.807) is 35.7 Å². The van der Waals surface area contributed by atoms with E-state index < -0.39 is 5.97 Å². The van der Waals surface area contributed by atoms with Crippen LogP contribution >= 0.6 is 39.0 Å². The van der Waals surface area contributed by atoms with Crippen molar-refractivity contribution in [1.29, 1.82) is 0 Å². The van der Waals surface area contributed by atoms with E-state index in [9.17, 15) is 14.4 Å². The highest BCUT2D eigenvalue weighted by Crippen LogP contribution is 2.39. The first-order chi connectivity index (χ1) is 15.5. The molecule has 2 aromatic carbocycles. The summed E-state index contributed by atoms with van der Waals surface area (Å²) in [7, 11) is 1.46. The summed E-state index contributed by atoms with van der Waals surface area (Å²) in [5, 5.41) is 1.47. The number of carbonyl (C=O) groups excluding carboxylic acids is 3. The largest absolute Gasteiger partial charge is 0.493 e. The maximum Gasteiger partial charge on any atom is 0.353 e. The van der Waals surface area contributed by atoms with E-state index in [0.29, 0.717) is 25.6 Å². The van der Waals surface area contributed by atoms with Crippen LogP contribution in [0.1, 0.15) is 20.8 Å². The van der Waals surface area contributed by atoms with E-state index >= 15 is 0 Å². The highest BCUT2D eigenvalue weighted by atomic mass is 79.9. The molecule has 1 fully saturated rings. The SMILES string of the molecule is COc1cc(/C=C2\SC(=O)N(Cc3ccccc3)C2=O)cc(Br)c1OC(=O)c1cccs1. The van der Waals surface area contributed by atoms with Crippen LogP contribution in [-0.2, 0) is 11.3 Å². The van der Waals surface area contributed by atoms with Crippen molar-refractivity contribution in [2.75, 3.05) is 7.11 Å². The lowest BCUT2D eigenvalue weighted by Gasteiger charge is -2.13. The topological polar surface area (TPSA) is 72.9 Å². The van der Waals surface area contributed by atoms with Gasteiger partial charge in [-0.15, -0.1) is 11.3 Å². The Morgan fingerprint density at radius 2 is 1.91 bits per heavy atom. The maximum absolute atomic E-state index is 12.8. The molecule has 0 unspecified atom stereocenters. The molecule has 1 aliphatic heterocycles. The fourth-order valence-electron chi connectivity index (χ4n) is 3.01. The quantitative estimate of drug-likeness (QED) is 0.222. The molecule has 4 rings (SSSR count). The average Bonchev–Trinajstić information content (AvgIpc) is 3.41. The monoisotopic (exact) mass is 529 g/mol. The number of ether oxygens (including phenoxy) is 2. The predicted molar refractivity (Wildman–Crippen MR) is 128 cm³/mol. The molecule has 0 N–H and O–H groups in total. The number of hydrogen-bond acceptors (Lipinski definition) is 7. The summed E-state index contributed by atoms with van der Waals surface area (Å²) >= 11 is 5.58. The summed E-state index contributed by atoms with van der Waals surface area (Å²) in [4.78, 5) is 39.5. The molecule has 2 heterocycles. The molecule has 0 saturated carbocycles. The number of nitrogens with zero attached hydrogens (tertiary/aromatic N) is 1. The van der Waals surface area contributed by atoms with Gasteiger partial charge in [-0.25, -0.2) is 4.79 Å². The van der Waals surface area contributed by atoms with Crippen LogP contribution < -0.4 is 9.47 Å². The predicted octanol–water partition coefficient (Wildman–Crippen LogP) is 5.97. The second-order valence-electron chi connectivity index (χ2n) is 6.65. The van der Waals surface area contributed by atoms with E-state index in [1.165, 1.54) is 23.3 Å². The summed E-state index contributed by atoms with van der Waals surface area (Å²) in [5.41, 5.74) is 1.49. The lowest BCUT2D eigenvalue weighted by molar-refractivity contribution is -0.123. The first kappa shape index (κ1) is 22.3. The number of carbonyl (C=O) groups is 3. The number of rotatable bonds is 6. The number of thioether (sulfide) groups is 1. The number of halogens is 1. The smallest absolute Gasteiger partial charge is 0.353 e. The Balaban J connectivity index is 1.57. The van der Waals surface area contributed by atoms with Gasteiger partial charge in [0.2, 0.25) is 0 Å². The molecule has 6 nitrogen and oxygen atoms in total. The van der Waals surface area contributed by atoms with Crippen LogP contribution in [0, 0.1) is 0 Å². The third-order valence-corrected chi connectivity index (χ3v) is 6.87. The number of imide groups is 1. The molecule has 1 saturated heterocycles. The lowest BCUT2D eigenvalue weighted by atomic mass is 10.1. The molecule has 0 bridgehead atoms. The van der Waals surface area contributed by atoms with Gasteiger partial charge in [-0.1, -0.05) is 36.4 Å². The van der Waals surface area contributed by atoms with Crippen molar-refractivity contribution in [3.05, 3.63) is 85.4 Å². The zero-order valence-corrected chi connectivity index (χ0v) is 20.0. The van der Waals surface area contributed by atoms with Crippen molar-refractivity contribution in [2.24, 2.45) is 0 Å². The molecule has 0 atom stereocenters. The Hall–Kier alpha value is -2.88. The Bertz CT molecular complexity index is 1210. The van der Waals surface area contributed by atoms with Crippen LogP contribution in [0.5, 0.6) is 11.5 Å². The van der Waals surface area contributed by atoms with Crippen molar-refractivity contribution >= 4 is 62.2 Å². The number of thiophene rings is 1. The van der Waals surface area contributed by atoms with E-state index in [0.717, 1.165) is 17.3 Å². The fourth-order valence-corrected chi connectivity index (χ4v) is 4.99. The van der Waals surface area contributed by atoms with Crippen molar-refractivity contribution in [1.82, 2.24) is 4.90 Å². The number of amides is 2. The minimum Gasteiger partial charge on any atom is -0.493 e. The minimum atomic E-state index is -0.492. The molecule has 1 aliphatic rings. The van der Waals surface area contributed by atoms with E-state index in [-0.39, 0.29) is 23.4 Å². The second kappa shape index (κ2) is 9.72. The van der Waals surface area contributed by atoms with Crippen LogP contribution in [0.15, 0.2) is 69.4 Å². The molecule has 0 spiro atoms. The van der Waals surface area contributed by atoms with Gasteiger partial charge in [-0.2, -0.15) is 0 Å². The van der Waals surface area contributed by atoms with Gasteiger partial charge in [-0.3, -0.25) is 14.5 Å². The molecule has 0 radical (unpaired) electrons. The first-order valence-electron chi connectivity index (χ1n) is 9.39. The Morgan fingerprint density at radius 3 is 2.59 bits per heavy atom. The van der Waals surface area contributed by atoms with E-state index in [4.69, 9.17) is 9.47 Å². The highest BCUT2D eigenvalue weighted by molar-refractivity contribution is 9.10. The molecule has 2 amide bonds. The van der Waals surface area contributed by atoms with Crippen LogP contribution in [0.3, 0.4) is 0 Å². The summed E-state index contributed by atoms with van der Waals surface area (Å²) in [6.07, 6.45) is 1.62. The van der Waals surface area contributed by atoms with Gasteiger partial charge < -0.3 is 9.47 Å². The summed E-state index contributed by atoms with van der Waals surface area (Å²) in [6.45, 7) is 0.216. The Labute approximate surface area is 201 Å². The number of esters is 1. The second-order valence-corrected chi connectivity index (χ2v) is 9.45. The number of benzene rings is 2. The molecule has 1 aromatic heterocycles. The van der Waals surface area contributed by atoms with Crippen molar-refractivity contribution in [3.8, 4) is 11.5 Å². The molecule has 162 valence electrons. The van der Waals surface area contributed by atoms with Gasteiger partial charge in [0.1, 0.15) is 4.88 Å². The summed E-state index contributed by atoms with van der Waals surface area (Å²) in [6, 6.07) is 16.1. The van der Waals surface area contributed by atoms with Gasteiger partial charge in [0.25, 0.3) is 11.1 Å². The Morgan fingerprint density at radius 1 is 1.12 bits per heavy atom. The third-order valence-electron chi connectivity index (χ3n) is 4.52. The lowest BCUT2D eigenvalue weighted by Crippen LogP contribution is -2.27. The zero-order valence-electron chi connectivity index (χ0n) is 16.7. The van der Waals surface area contributed by atoms with Crippen LogP contribution in [0.25, 0.3) is 6.08 Å².